The third-order valence-electron chi connectivity index (χ3n) is 4.00. The Bertz CT molecular complexity index is 838. The average Bonchev–Trinajstić information content (AvgIpc) is 3.18. The molecule has 2 aromatic heterocycles. The van der Waals surface area contributed by atoms with Gasteiger partial charge in [-0.25, -0.2) is 9.67 Å². The van der Waals surface area contributed by atoms with Gasteiger partial charge >= 0.3 is 0 Å². The summed E-state index contributed by atoms with van der Waals surface area (Å²) in [4.78, 5) is 20.7. The molecular weight excluding hydrogens is 340 g/mol. The van der Waals surface area contributed by atoms with Crippen LogP contribution in [0.4, 0.5) is 0 Å². The Morgan fingerprint density at radius 2 is 2.08 bits per heavy atom. The fraction of sp³-hybridized carbons (Fsp3) is 0.294. The molecule has 8 heteroatoms. The van der Waals surface area contributed by atoms with E-state index in [1.807, 2.05) is 43.5 Å². The van der Waals surface area contributed by atoms with Crippen molar-refractivity contribution in [3.63, 3.8) is 0 Å². The number of nitrogens with one attached hydrogen (secondary N) is 1. The van der Waals surface area contributed by atoms with E-state index < -0.39 is 0 Å². The van der Waals surface area contributed by atoms with Crippen LogP contribution in [-0.4, -0.2) is 30.2 Å². The number of aromatic nitrogens is 5. The largest absolute Gasteiger partial charge is 0.342 e. The molecule has 1 aromatic carbocycles. The van der Waals surface area contributed by atoms with Gasteiger partial charge in [-0.1, -0.05) is 30.3 Å². The molecule has 2 heterocycles. The maximum absolute atomic E-state index is 12.5. The van der Waals surface area contributed by atoms with Crippen LogP contribution in [0.5, 0.6) is 0 Å². The number of halogens is 1. The van der Waals surface area contributed by atoms with Crippen molar-refractivity contribution in [1.29, 1.82) is 0 Å². The van der Waals surface area contributed by atoms with Crippen LogP contribution in [0, 0.1) is 6.92 Å². The molecule has 1 unspecified atom stereocenters. The molecule has 0 aliphatic heterocycles. The van der Waals surface area contributed by atoms with Gasteiger partial charge < -0.3 is 9.88 Å². The lowest BCUT2D eigenvalue weighted by molar-refractivity contribution is 0.0923. The van der Waals surface area contributed by atoms with Gasteiger partial charge in [0.25, 0.3) is 5.91 Å². The number of nitrogens with zero attached hydrogens (tertiary/aromatic N) is 5. The lowest BCUT2D eigenvalue weighted by Crippen LogP contribution is -2.30. The van der Waals surface area contributed by atoms with E-state index in [0.717, 1.165) is 17.9 Å². The van der Waals surface area contributed by atoms with Crippen molar-refractivity contribution < 1.29 is 4.79 Å². The van der Waals surface area contributed by atoms with Crippen LogP contribution >= 0.6 is 11.6 Å². The molecule has 0 saturated heterocycles. The first-order valence-corrected chi connectivity index (χ1v) is 8.32. The highest BCUT2D eigenvalue weighted by Gasteiger charge is 2.20. The van der Waals surface area contributed by atoms with E-state index in [4.69, 9.17) is 11.6 Å². The zero-order valence-electron chi connectivity index (χ0n) is 14.1. The monoisotopic (exact) mass is 358 g/mol. The molecule has 0 saturated carbocycles. The molecule has 130 valence electrons. The summed E-state index contributed by atoms with van der Waals surface area (Å²) in [5, 5.41) is 7.21. The Morgan fingerprint density at radius 1 is 1.32 bits per heavy atom. The van der Waals surface area contributed by atoms with Gasteiger partial charge in [-0.15, -0.1) is 5.10 Å². The van der Waals surface area contributed by atoms with E-state index >= 15 is 0 Å². The zero-order chi connectivity index (χ0) is 17.8. The molecule has 0 aliphatic rings. The summed E-state index contributed by atoms with van der Waals surface area (Å²) in [6.07, 6.45) is 4.41. The minimum absolute atomic E-state index is 0.0623. The van der Waals surface area contributed by atoms with Crippen LogP contribution in [0.1, 0.15) is 34.5 Å². The maximum atomic E-state index is 12.5. The second kappa shape index (κ2) is 7.48. The van der Waals surface area contributed by atoms with Crippen molar-refractivity contribution in [3.05, 3.63) is 65.2 Å². The van der Waals surface area contributed by atoms with Crippen LogP contribution in [0.3, 0.4) is 0 Å². The van der Waals surface area contributed by atoms with E-state index in [0.29, 0.717) is 6.42 Å². The van der Waals surface area contributed by atoms with Crippen LogP contribution in [0.25, 0.3) is 0 Å². The second-order valence-corrected chi connectivity index (χ2v) is 6.06. The number of carbonyl (C=O) groups is 1. The van der Waals surface area contributed by atoms with Crippen LogP contribution in [0.15, 0.2) is 42.7 Å². The Hall–Kier alpha value is -2.67. The molecule has 0 aliphatic carbocycles. The molecule has 0 radical (unpaired) electrons. The molecule has 1 N–H and O–H groups in total. The summed E-state index contributed by atoms with van der Waals surface area (Å²) in [7, 11) is 1.64. The highest BCUT2D eigenvalue weighted by atomic mass is 35.5. The van der Waals surface area contributed by atoms with Gasteiger partial charge in [-0.05, 0) is 30.5 Å². The molecule has 3 aromatic rings. The van der Waals surface area contributed by atoms with Crippen molar-refractivity contribution in [3.8, 4) is 0 Å². The number of hydrogen-bond donors (Lipinski definition) is 1. The van der Waals surface area contributed by atoms with Crippen molar-refractivity contribution in [2.75, 3.05) is 0 Å². The van der Waals surface area contributed by atoms with E-state index in [1.165, 1.54) is 4.68 Å². The molecule has 0 fully saturated rings. The van der Waals surface area contributed by atoms with Gasteiger partial charge in [0.15, 0.2) is 0 Å². The Kier molecular flexibility index (Phi) is 5.14. The molecule has 7 nitrogen and oxygen atoms in total. The molecule has 25 heavy (non-hydrogen) atoms. The lowest BCUT2D eigenvalue weighted by atomic mass is 10.0. The van der Waals surface area contributed by atoms with Crippen LogP contribution in [-0.2, 0) is 13.6 Å². The van der Waals surface area contributed by atoms with Gasteiger partial charge in [0.2, 0.25) is 11.1 Å². The first kappa shape index (κ1) is 17.2. The predicted octanol–water partition coefficient (Wildman–Crippen LogP) is 2.53. The topological polar surface area (TPSA) is 77.6 Å². The predicted molar refractivity (Wildman–Crippen MR) is 94.2 cm³/mol. The summed E-state index contributed by atoms with van der Waals surface area (Å²) in [6.45, 7) is 2.69. The summed E-state index contributed by atoms with van der Waals surface area (Å²) in [6, 6.07) is 9.66. The van der Waals surface area contributed by atoms with Crippen molar-refractivity contribution >= 4 is 17.5 Å². The van der Waals surface area contributed by atoms with Gasteiger partial charge in [0.1, 0.15) is 5.82 Å². The summed E-state index contributed by atoms with van der Waals surface area (Å²) < 4.78 is 3.42. The van der Waals surface area contributed by atoms with E-state index in [-0.39, 0.29) is 23.1 Å². The number of hydrogen-bond acceptors (Lipinski definition) is 4. The number of benzene rings is 1. The molecule has 1 amide bonds. The Morgan fingerprint density at radius 3 is 2.68 bits per heavy atom. The first-order valence-electron chi connectivity index (χ1n) is 7.94. The highest BCUT2D eigenvalue weighted by Crippen LogP contribution is 2.18. The smallest absolute Gasteiger partial charge is 0.291 e. The van der Waals surface area contributed by atoms with Gasteiger partial charge in [0.05, 0.1) is 6.04 Å². The normalized spacial score (nSPS) is 12.1. The molecular formula is C17H19ClN6O. The van der Waals surface area contributed by atoms with E-state index in [1.54, 1.807) is 13.2 Å². The summed E-state index contributed by atoms with van der Waals surface area (Å²) in [5.41, 5.74) is 1.02. The minimum atomic E-state index is -0.348. The Labute approximate surface area is 150 Å². The zero-order valence-corrected chi connectivity index (χ0v) is 14.8. The van der Waals surface area contributed by atoms with Gasteiger partial charge in [-0.2, -0.15) is 4.98 Å². The number of imidazole rings is 1. The van der Waals surface area contributed by atoms with E-state index in [9.17, 15) is 4.79 Å². The third-order valence-corrected chi connectivity index (χ3v) is 4.33. The Balaban J connectivity index is 1.76. The molecule has 1 atom stereocenters. The SMILES string of the molecule is Cc1nccn1CCC(NC(=O)c1nc(Cl)n(C)n1)c1ccccc1. The van der Waals surface area contributed by atoms with Gasteiger partial charge in [0, 0.05) is 26.0 Å². The van der Waals surface area contributed by atoms with E-state index in [2.05, 4.69) is 25.0 Å². The van der Waals surface area contributed by atoms with Crippen molar-refractivity contribution in [2.45, 2.75) is 25.9 Å². The van der Waals surface area contributed by atoms with Crippen LogP contribution < -0.4 is 5.32 Å². The third kappa shape index (κ3) is 4.06. The fourth-order valence-electron chi connectivity index (χ4n) is 2.60. The van der Waals surface area contributed by atoms with Gasteiger partial charge in [-0.3, -0.25) is 4.79 Å². The summed E-state index contributed by atoms with van der Waals surface area (Å²) >= 11 is 5.87. The quantitative estimate of drug-likeness (QED) is 0.734. The minimum Gasteiger partial charge on any atom is -0.342 e. The maximum Gasteiger partial charge on any atom is 0.291 e. The molecule has 0 bridgehead atoms. The highest BCUT2D eigenvalue weighted by molar-refractivity contribution is 6.28. The fourth-order valence-corrected chi connectivity index (χ4v) is 2.72. The first-order chi connectivity index (χ1) is 12.0. The number of rotatable bonds is 6. The molecule has 0 spiro atoms. The number of carbonyl (C=O) groups excluding carboxylic acids is 1. The average molecular weight is 359 g/mol. The molecule has 3 rings (SSSR count). The summed E-state index contributed by atoms with van der Waals surface area (Å²) in [5.74, 6) is 0.655. The number of aryl methyl sites for hydroxylation is 3. The second-order valence-electron chi connectivity index (χ2n) is 5.72. The van der Waals surface area contributed by atoms with Crippen molar-refractivity contribution in [2.24, 2.45) is 7.05 Å². The lowest BCUT2D eigenvalue weighted by Gasteiger charge is -2.19. The van der Waals surface area contributed by atoms with Crippen LogP contribution in [0.2, 0.25) is 5.28 Å². The number of amides is 1. The van der Waals surface area contributed by atoms with Crippen molar-refractivity contribution in [1.82, 2.24) is 29.6 Å². The standard InChI is InChI=1S/C17H19ClN6O/c1-12-19-9-11-24(12)10-8-14(13-6-4-3-5-7-13)20-16(25)15-21-17(18)23(2)22-15/h3-7,9,11,14H,8,10H2,1-2H3,(H,20,25).